The van der Waals surface area contributed by atoms with Crippen LogP contribution < -0.4 is 16.8 Å². The minimum atomic E-state index is -0.371. The minimum Gasteiger partial charge on any atom is -0.383 e. The lowest BCUT2D eigenvalue weighted by Gasteiger charge is -2.32. The van der Waals surface area contributed by atoms with Gasteiger partial charge >= 0.3 is 0 Å². The number of aryl methyl sites for hydroxylation is 1. The van der Waals surface area contributed by atoms with E-state index in [4.69, 9.17) is 16.6 Å². The summed E-state index contributed by atoms with van der Waals surface area (Å²) in [6.07, 6.45) is 9.51. The van der Waals surface area contributed by atoms with Crippen LogP contribution in [0.1, 0.15) is 65.8 Å². The standard InChI is InChI=1S/C30H43N9O2/c1-5-22-12-13-24(21(3)20(22)2)35-30(41)27-26-28(32)33-19-34-29(26)39(36-27)23-10-8-17-38(18-23)25(40)11-9-16-37(4)15-7-6-14-31/h9,11-13,19,23H,5-8,10,14-18,31H2,1-4H3,(H,35,41)(H2,32,33,34)/b11-9+. The van der Waals surface area contributed by atoms with E-state index in [1.165, 1.54) is 11.9 Å². The van der Waals surface area contributed by atoms with Gasteiger partial charge in [0.2, 0.25) is 5.91 Å². The number of nitrogen functional groups attached to an aromatic ring is 1. The zero-order valence-electron chi connectivity index (χ0n) is 24.7. The topological polar surface area (TPSA) is 148 Å². The zero-order chi connectivity index (χ0) is 29.5. The van der Waals surface area contributed by atoms with Crippen LogP contribution in [-0.2, 0) is 11.2 Å². The summed E-state index contributed by atoms with van der Waals surface area (Å²) < 4.78 is 1.74. The third-order valence-corrected chi connectivity index (χ3v) is 7.99. The van der Waals surface area contributed by atoms with Gasteiger partial charge in [-0.05, 0) is 88.8 Å². The van der Waals surface area contributed by atoms with E-state index in [2.05, 4.69) is 34.0 Å². The molecule has 1 atom stereocenters. The van der Waals surface area contributed by atoms with Crippen molar-refractivity contribution in [3.63, 3.8) is 0 Å². The smallest absolute Gasteiger partial charge is 0.277 e. The first kappa shape index (κ1) is 30.1. The second kappa shape index (κ2) is 13.7. The Morgan fingerprint density at radius 1 is 1.20 bits per heavy atom. The van der Waals surface area contributed by atoms with Crippen LogP contribution in [-0.4, -0.2) is 81.1 Å². The molecule has 0 saturated carbocycles. The van der Waals surface area contributed by atoms with Gasteiger partial charge in [-0.1, -0.05) is 19.1 Å². The first-order valence-electron chi connectivity index (χ1n) is 14.5. The molecule has 1 fully saturated rings. The highest BCUT2D eigenvalue weighted by atomic mass is 16.2. The van der Waals surface area contributed by atoms with E-state index in [0.717, 1.165) is 55.5 Å². The Hall–Kier alpha value is -3.83. The van der Waals surface area contributed by atoms with Crippen molar-refractivity contribution in [3.8, 4) is 0 Å². The molecule has 0 spiro atoms. The molecule has 5 N–H and O–H groups in total. The molecule has 0 aliphatic carbocycles. The summed E-state index contributed by atoms with van der Waals surface area (Å²) in [4.78, 5) is 39.2. The van der Waals surface area contributed by atoms with Gasteiger partial charge in [0.1, 0.15) is 12.1 Å². The number of amides is 2. The van der Waals surface area contributed by atoms with Crippen molar-refractivity contribution < 1.29 is 9.59 Å². The number of nitrogens with one attached hydrogen (secondary N) is 1. The number of fused-ring (bicyclic) bond motifs is 1. The number of rotatable bonds is 11. The number of hydrogen-bond donors (Lipinski definition) is 3. The number of aromatic nitrogens is 4. The summed E-state index contributed by atoms with van der Waals surface area (Å²) in [5.41, 5.74) is 16.6. The molecule has 4 rings (SSSR count). The molecule has 41 heavy (non-hydrogen) atoms. The quantitative estimate of drug-likeness (QED) is 0.239. The lowest BCUT2D eigenvalue weighted by atomic mass is 10.00. The largest absolute Gasteiger partial charge is 0.383 e. The molecule has 0 bridgehead atoms. The molecular weight excluding hydrogens is 518 g/mol. The fourth-order valence-electron chi connectivity index (χ4n) is 5.40. The van der Waals surface area contributed by atoms with Crippen LogP contribution in [0.15, 0.2) is 30.6 Å². The van der Waals surface area contributed by atoms with Gasteiger partial charge in [-0.15, -0.1) is 0 Å². The van der Waals surface area contributed by atoms with Crippen LogP contribution in [0.3, 0.4) is 0 Å². The van der Waals surface area contributed by atoms with Crippen molar-refractivity contribution in [1.29, 1.82) is 0 Å². The highest BCUT2D eigenvalue weighted by molar-refractivity contribution is 6.13. The molecule has 2 amide bonds. The maximum atomic E-state index is 13.5. The summed E-state index contributed by atoms with van der Waals surface area (Å²) in [7, 11) is 2.04. The van der Waals surface area contributed by atoms with E-state index in [1.807, 2.05) is 37.1 Å². The van der Waals surface area contributed by atoms with Gasteiger partial charge in [-0.25, -0.2) is 14.6 Å². The second-order valence-corrected chi connectivity index (χ2v) is 10.8. The Kier molecular flexibility index (Phi) is 10.1. The highest BCUT2D eigenvalue weighted by Gasteiger charge is 2.29. The number of unbranched alkanes of at least 4 members (excludes halogenated alkanes) is 1. The number of piperidine rings is 1. The first-order chi connectivity index (χ1) is 19.7. The summed E-state index contributed by atoms with van der Waals surface area (Å²) in [6, 6.07) is 3.81. The van der Waals surface area contributed by atoms with Crippen LogP contribution in [0, 0.1) is 13.8 Å². The Balaban J connectivity index is 1.52. The van der Waals surface area contributed by atoms with Crippen molar-refractivity contribution in [2.45, 2.75) is 58.9 Å². The number of likely N-dealkylation sites (N-methyl/N-ethyl adjacent to an activating group) is 1. The number of nitrogens with zero attached hydrogens (tertiary/aromatic N) is 6. The van der Waals surface area contributed by atoms with Crippen molar-refractivity contribution in [2.75, 3.05) is 50.8 Å². The Labute approximate surface area is 242 Å². The Morgan fingerprint density at radius 3 is 2.76 bits per heavy atom. The van der Waals surface area contributed by atoms with E-state index >= 15 is 0 Å². The average molecular weight is 562 g/mol. The van der Waals surface area contributed by atoms with Gasteiger partial charge in [0.15, 0.2) is 11.3 Å². The average Bonchev–Trinajstić information content (AvgIpc) is 3.37. The first-order valence-corrected chi connectivity index (χ1v) is 14.5. The molecule has 220 valence electrons. The maximum Gasteiger partial charge on any atom is 0.277 e. The van der Waals surface area contributed by atoms with Gasteiger partial charge in [0, 0.05) is 31.4 Å². The normalized spacial score (nSPS) is 15.8. The number of likely N-dealkylation sites (tertiary alicyclic amines) is 1. The molecule has 1 saturated heterocycles. The molecule has 11 heteroatoms. The summed E-state index contributed by atoms with van der Waals surface area (Å²) in [5, 5.41) is 8.16. The van der Waals surface area contributed by atoms with E-state index < -0.39 is 0 Å². The molecule has 2 aromatic heterocycles. The lowest BCUT2D eigenvalue weighted by molar-refractivity contribution is -0.127. The van der Waals surface area contributed by atoms with Crippen LogP contribution in [0.25, 0.3) is 11.0 Å². The Bertz CT molecular complexity index is 1410. The van der Waals surface area contributed by atoms with Crippen molar-refractivity contribution in [2.24, 2.45) is 5.73 Å². The maximum absolute atomic E-state index is 13.5. The number of carbonyl (C=O) groups is 2. The monoisotopic (exact) mass is 561 g/mol. The summed E-state index contributed by atoms with van der Waals surface area (Å²) in [5.74, 6) is -0.206. The molecule has 1 unspecified atom stereocenters. The van der Waals surface area contributed by atoms with Crippen molar-refractivity contribution in [3.05, 3.63) is 53.0 Å². The molecular formula is C30H43N9O2. The van der Waals surface area contributed by atoms with E-state index in [1.54, 1.807) is 10.8 Å². The minimum absolute atomic E-state index is 0.0324. The number of hydrogen-bond acceptors (Lipinski definition) is 8. The van der Waals surface area contributed by atoms with Crippen LogP contribution in [0.4, 0.5) is 11.5 Å². The summed E-state index contributed by atoms with van der Waals surface area (Å²) in [6.45, 7) is 9.65. The third kappa shape index (κ3) is 6.91. The van der Waals surface area contributed by atoms with E-state index in [-0.39, 0.29) is 29.4 Å². The zero-order valence-corrected chi connectivity index (χ0v) is 24.7. The van der Waals surface area contributed by atoms with Gasteiger partial charge in [-0.2, -0.15) is 5.10 Å². The fourth-order valence-corrected chi connectivity index (χ4v) is 5.40. The number of carbonyl (C=O) groups excluding carboxylic acids is 2. The molecule has 3 aromatic rings. The third-order valence-electron chi connectivity index (χ3n) is 7.99. The Morgan fingerprint density at radius 2 is 2.00 bits per heavy atom. The highest BCUT2D eigenvalue weighted by Crippen LogP contribution is 2.30. The van der Waals surface area contributed by atoms with E-state index in [0.29, 0.717) is 37.2 Å². The van der Waals surface area contributed by atoms with Crippen molar-refractivity contribution in [1.82, 2.24) is 29.5 Å². The SMILES string of the molecule is CCc1ccc(NC(=O)c2nn(C3CCCN(C(=O)/C=C/CN(C)CCCCN)C3)c3ncnc(N)c23)c(C)c1C. The number of anilines is 2. The second-order valence-electron chi connectivity index (χ2n) is 10.8. The van der Waals surface area contributed by atoms with Crippen LogP contribution in [0.5, 0.6) is 0 Å². The van der Waals surface area contributed by atoms with Crippen LogP contribution in [0.2, 0.25) is 0 Å². The lowest BCUT2D eigenvalue weighted by Crippen LogP contribution is -2.40. The fraction of sp³-hybridized carbons (Fsp3) is 0.500. The molecule has 1 aliphatic rings. The molecule has 11 nitrogen and oxygen atoms in total. The number of benzene rings is 1. The molecule has 0 radical (unpaired) electrons. The van der Waals surface area contributed by atoms with Gasteiger partial charge in [0.05, 0.1) is 11.4 Å². The number of nitrogens with two attached hydrogens (primary N) is 2. The predicted molar refractivity (Wildman–Crippen MR) is 163 cm³/mol. The molecule has 3 heterocycles. The predicted octanol–water partition coefficient (Wildman–Crippen LogP) is 3.23. The van der Waals surface area contributed by atoms with Gasteiger partial charge < -0.3 is 26.6 Å². The van der Waals surface area contributed by atoms with Crippen molar-refractivity contribution >= 4 is 34.4 Å². The van der Waals surface area contributed by atoms with Gasteiger partial charge in [0.25, 0.3) is 5.91 Å². The molecule has 1 aromatic carbocycles. The van der Waals surface area contributed by atoms with E-state index in [9.17, 15) is 9.59 Å². The summed E-state index contributed by atoms with van der Waals surface area (Å²) >= 11 is 0. The van der Waals surface area contributed by atoms with Gasteiger partial charge in [-0.3, -0.25) is 9.59 Å². The van der Waals surface area contributed by atoms with Crippen LogP contribution >= 0.6 is 0 Å². The molecule has 1 aliphatic heterocycles.